The lowest BCUT2D eigenvalue weighted by molar-refractivity contribution is -0.318. The van der Waals surface area contributed by atoms with E-state index < -0.39 is 214 Å². The summed E-state index contributed by atoms with van der Waals surface area (Å²) in [7, 11) is 0. The van der Waals surface area contributed by atoms with E-state index in [2.05, 4.69) is 21.4 Å². The van der Waals surface area contributed by atoms with Gasteiger partial charge in [-0.25, -0.2) is 5.48 Å². The van der Waals surface area contributed by atoms with E-state index in [0.29, 0.717) is 0 Å². The molecule has 2 aliphatic carbocycles. The number of carbonyl (C=O) groups excluding carboxylic acids is 2. The van der Waals surface area contributed by atoms with E-state index in [1.165, 1.54) is 13.8 Å². The molecule has 0 radical (unpaired) electrons. The van der Waals surface area contributed by atoms with E-state index in [4.69, 9.17) is 93.7 Å². The Morgan fingerprint density at radius 1 is 0.649 bits per heavy atom. The minimum Gasteiger partial charge on any atom is -0.391 e. The third-order valence-corrected chi connectivity index (χ3v) is 14.4. The van der Waals surface area contributed by atoms with Crippen LogP contribution in [-0.2, 0) is 52.3 Å². The summed E-state index contributed by atoms with van der Waals surface area (Å²) < 4.78 is 47.2. The molecule has 6 rings (SSSR count). The molecular formula is C42H79N13O22. The van der Waals surface area contributed by atoms with Gasteiger partial charge in [-0.05, 0) is 39.7 Å². The summed E-state index contributed by atoms with van der Waals surface area (Å²) in [5, 5.41) is 142. The van der Waals surface area contributed by atoms with Crippen LogP contribution in [0.2, 0.25) is 0 Å². The summed E-state index contributed by atoms with van der Waals surface area (Å²) in [6, 6.07) is -7.27. The number of ether oxygens (including phenoxy) is 8. The zero-order chi connectivity index (χ0) is 57.1. The summed E-state index contributed by atoms with van der Waals surface area (Å²) in [5.41, 5.74) is 44.5. The number of hydroxylamine groups is 1. The van der Waals surface area contributed by atoms with Crippen LogP contribution in [0.15, 0.2) is 0 Å². The second kappa shape index (κ2) is 26.9. The van der Waals surface area contributed by atoms with Crippen LogP contribution >= 0.6 is 0 Å². The molecule has 6 fully saturated rings. The van der Waals surface area contributed by atoms with Crippen molar-refractivity contribution in [1.82, 2.24) is 21.4 Å². The maximum atomic E-state index is 12.9. The van der Waals surface area contributed by atoms with Crippen molar-refractivity contribution >= 4 is 23.6 Å². The lowest BCUT2D eigenvalue weighted by atomic mass is 9.83. The molecule has 30 atom stereocenters. The van der Waals surface area contributed by atoms with Crippen LogP contribution in [-0.4, -0.2) is 283 Å². The molecule has 77 heavy (non-hydrogen) atoms. The summed E-state index contributed by atoms with van der Waals surface area (Å²) in [5.74, 6) is -2.86. The average Bonchev–Trinajstić information content (AvgIpc) is 3.80. The molecule has 0 aromatic carbocycles. The molecule has 444 valence electrons. The van der Waals surface area contributed by atoms with Crippen LogP contribution in [0.5, 0.6) is 0 Å². The molecule has 16 unspecified atom stereocenters. The highest BCUT2D eigenvalue weighted by molar-refractivity contribution is 5.90. The van der Waals surface area contributed by atoms with Crippen molar-refractivity contribution in [2.24, 2.45) is 40.1 Å². The number of amides is 1. The maximum Gasteiger partial charge on any atom is 0.249 e. The predicted octanol–water partition coefficient (Wildman–Crippen LogP) is -13.8. The van der Waals surface area contributed by atoms with Crippen LogP contribution < -0.4 is 61.6 Å². The molecule has 35 heteroatoms. The minimum atomic E-state index is -1.94. The largest absolute Gasteiger partial charge is 0.391 e. The Morgan fingerprint density at radius 2 is 1.19 bits per heavy atom. The van der Waals surface area contributed by atoms with E-state index in [9.17, 15) is 65.8 Å². The number of aliphatic hydroxyl groups is 11. The zero-order valence-corrected chi connectivity index (χ0v) is 42.0. The van der Waals surface area contributed by atoms with Gasteiger partial charge in [-0.1, -0.05) is 0 Å². The fourth-order valence-electron chi connectivity index (χ4n) is 9.90. The number of aliphatic hydroxyl groups excluding tert-OH is 11. The van der Waals surface area contributed by atoms with Crippen molar-refractivity contribution in [3.05, 3.63) is 0 Å². The predicted molar refractivity (Wildman–Crippen MR) is 255 cm³/mol. The van der Waals surface area contributed by atoms with Crippen molar-refractivity contribution in [1.29, 1.82) is 10.8 Å². The number of nitrogens with one attached hydrogen (secondary N) is 6. The highest BCUT2D eigenvalue weighted by atomic mass is 16.8. The molecule has 0 aromatic rings. The summed E-state index contributed by atoms with van der Waals surface area (Å²) >= 11 is 0. The number of hydrogen-bond acceptors (Lipinski definition) is 30. The summed E-state index contributed by atoms with van der Waals surface area (Å²) in [6.07, 6.45) is -38.0. The van der Waals surface area contributed by atoms with Crippen LogP contribution in [0.25, 0.3) is 0 Å². The van der Waals surface area contributed by atoms with E-state index in [0.717, 1.165) is 0 Å². The second-order valence-electron chi connectivity index (χ2n) is 20.2. The monoisotopic (exact) mass is 1120 g/mol. The van der Waals surface area contributed by atoms with Gasteiger partial charge in [0.1, 0.15) is 104 Å². The van der Waals surface area contributed by atoms with Crippen molar-refractivity contribution in [2.45, 2.75) is 217 Å². The van der Waals surface area contributed by atoms with E-state index in [-0.39, 0.29) is 32.4 Å². The van der Waals surface area contributed by atoms with Gasteiger partial charge < -0.3 is 150 Å². The molecule has 4 heterocycles. The van der Waals surface area contributed by atoms with Gasteiger partial charge in [0.15, 0.2) is 43.0 Å². The second-order valence-corrected chi connectivity index (χ2v) is 20.2. The van der Waals surface area contributed by atoms with E-state index in [1.54, 1.807) is 0 Å². The number of nitrogens with two attached hydrogens (primary N) is 7. The smallest absolute Gasteiger partial charge is 0.249 e. The number of guanidine groups is 2. The number of Topliss-reactive ketones (excluding diaryl/α,β-unsaturated/α-hetero) is 1. The fraction of sp³-hybridized carbons (Fsp3) is 0.905. The van der Waals surface area contributed by atoms with E-state index >= 15 is 0 Å². The quantitative estimate of drug-likeness (QED) is 0.0306. The normalized spacial score (nSPS) is 45.7. The zero-order valence-electron chi connectivity index (χ0n) is 42.0. The van der Waals surface area contributed by atoms with Crippen molar-refractivity contribution < 1.29 is 108 Å². The number of carbonyl (C=O) groups is 2. The Balaban J connectivity index is 1.06. The lowest BCUT2D eigenvalue weighted by Gasteiger charge is -2.48. The first-order valence-electron chi connectivity index (χ1n) is 25.0. The highest BCUT2D eigenvalue weighted by Crippen LogP contribution is 2.35. The molecule has 31 N–H and O–H groups in total. The lowest BCUT2D eigenvalue weighted by Crippen LogP contribution is -2.69. The topological polar surface area (TPSA) is 618 Å². The van der Waals surface area contributed by atoms with Gasteiger partial charge in [0.05, 0.1) is 36.9 Å². The third-order valence-electron chi connectivity index (χ3n) is 14.4. The van der Waals surface area contributed by atoms with Gasteiger partial charge in [-0.2, -0.15) is 0 Å². The summed E-state index contributed by atoms with van der Waals surface area (Å²) in [6.45, 7) is 1.89. The van der Waals surface area contributed by atoms with Gasteiger partial charge in [0.2, 0.25) is 11.9 Å². The van der Waals surface area contributed by atoms with Crippen LogP contribution in [0.3, 0.4) is 0 Å². The Morgan fingerprint density at radius 3 is 1.78 bits per heavy atom. The van der Waals surface area contributed by atoms with Crippen molar-refractivity contribution in [3.63, 3.8) is 0 Å². The first-order valence-corrected chi connectivity index (χ1v) is 25.0. The molecule has 0 aromatic heterocycles. The molecule has 6 aliphatic rings. The fourth-order valence-corrected chi connectivity index (χ4v) is 9.90. The summed E-state index contributed by atoms with van der Waals surface area (Å²) in [4.78, 5) is 31.3. The molecule has 2 saturated carbocycles. The molecule has 0 bridgehead atoms. The van der Waals surface area contributed by atoms with Crippen LogP contribution in [0.1, 0.15) is 33.1 Å². The first-order chi connectivity index (χ1) is 36.2. The molecule has 0 spiro atoms. The Hall–Kier alpha value is -3.36. The molecule has 4 saturated heterocycles. The average molecular weight is 1120 g/mol. The Labute approximate surface area is 440 Å². The van der Waals surface area contributed by atoms with Crippen molar-refractivity contribution in [2.75, 3.05) is 19.6 Å². The van der Waals surface area contributed by atoms with Gasteiger partial charge >= 0.3 is 0 Å². The van der Waals surface area contributed by atoms with Gasteiger partial charge in [-0.15, -0.1) is 0 Å². The highest BCUT2D eigenvalue weighted by Gasteiger charge is 2.56. The SMILES string of the molecule is C[C@H](ONC(=N)NC[C@H]1O[C@@H](OC2C(O)[C@H](N)CC(N)[C@H]2O[C@H]2OC([C@@H](C)O)[C@@H](O)C(O)C2N)C(O)C1O)C1O[C@H](O[C@@H]2C(N)C[C@@H](NC(=O)C(O)CCN)C(O)C2O[C@@H]2O[C@H](CNC(=N)N)C(=O)C2O)C(N)C(O)[C@@H]1O. The van der Waals surface area contributed by atoms with Gasteiger partial charge in [0.25, 0.3) is 0 Å². The number of rotatable bonds is 20. The third kappa shape index (κ3) is 14.4. The molecule has 4 aliphatic heterocycles. The van der Waals surface area contributed by atoms with Crippen molar-refractivity contribution in [3.8, 4) is 0 Å². The van der Waals surface area contributed by atoms with Crippen LogP contribution in [0.4, 0.5) is 0 Å². The molecule has 1 amide bonds. The van der Waals surface area contributed by atoms with Gasteiger partial charge in [-0.3, -0.25) is 25.2 Å². The molecule has 35 nitrogen and oxygen atoms in total. The molecular weight excluding hydrogens is 1040 g/mol. The van der Waals surface area contributed by atoms with Crippen LogP contribution in [0, 0.1) is 10.8 Å². The number of ketones is 1. The van der Waals surface area contributed by atoms with E-state index in [1.807, 2.05) is 0 Å². The number of hydrogen-bond donors (Lipinski definition) is 24. The Bertz CT molecular complexity index is 1970. The Kier molecular flexibility index (Phi) is 22.0. The van der Waals surface area contributed by atoms with Gasteiger partial charge in [0, 0.05) is 24.7 Å². The first kappa shape index (κ1) is 62.8. The standard InChI is InChI=1S/C42H79N13O22/c1-9(56)30-26(64)24(62)18(47)37(71-30)73-32-12(45)5-11(44)20(58)34(32)75-39-29(67)23(61)17(70-39)8-53-42(51)55-77-10(2)31-27(65)25(63)19(48)38(72-31)74-33-13(46)6-14(54-36(68)15(57)3-4-43)21(59)35(33)76-40-28(66)22(60)16(69-40)7-52-41(49)50/h9-21,23-35,37-40,56-59,61-67H,3-8,43-48H2,1-2H3,(H,54,68)(H4,49,50,52)(H3,51,53,55)/t9-,10+,11-,12?,13?,14-,15?,16-,17-,18?,19?,20?,21?,23?,24?,25?,26+,27+,28?,29?,30?,31?,32-,33-,34?,35?,37-,38-,39+,40+/m1/s1. The minimum absolute atomic E-state index is 0.00561. The maximum absolute atomic E-state index is 12.9.